The van der Waals surface area contributed by atoms with Gasteiger partial charge >= 0.3 is 0 Å². The summed E-state index contributed by atoms with van der Waals surface area (Å²) in [5.74, 6) is 1.98. The number of nitrogens with zero attached hydrogens (tertiary/aromatic N) is 2. The second-order valence-electron chi connectivity index (χ2n) is 6.35. The highest BCUT2D eigenvalue weighted by Crippen LogP contribution is 2.47. The molecule has 0 aliphatic heterocycles. The smallest absolute Gasteiger partial charge is 0.271 e. The number of ether oxygens (including phenoxy) is 4. The van der Waals surface area contributed by atoms with Crippen molar-refractivity contribution < 1.29 is 28.8 Å². The molecule has 0 spiro atoms. The van der Waals surface area contributed by atoms with Gasteiger partial charge in [-0.1, -0.05) is 0 Å². The lowest BCUT2D eigenvalue weighted by Crippen LogP contribution is -2.00. The molecule has 0 aliphatic carbocycles. The van der Waals surface area contributed by atoms with Crippen LogP contribution >= 0.6 is 90.4 Å². The third kappa shape index (κ3) is 6.04. The lowest BCUT2D eigenvalue weighted by atomic mass is 10.2. The quantitative estimate of drug-likeness (QED) is 0.129. The largest absolute Gasteiger partial charge is 0.496 e. The van der Waals surface area contributed by atoms with Gasteiger partial charge in [-0.05, 0) is 90.4 Å². The van der Waals surface area contributed by atoms with Crippen LogP contribution in [0.3, 0.4) is 0 Å². The van der Waals surface area contributed by atoms with Crippen molar-refractivity contribution >= 4 is 102 Å². The number of benzene rings is 3. The summed E-state index contributed by atoms with van der Waals surface area (Å²) in [7, 11) is 2.92. The zero-order valence-electron chi connectivity index (χ0n) is 17.1. The van der Waals surface area contributed by atoms with Crippen molar-refractivity contribution in [3.05, 3.63) is 70.9 Å². The molecule has 0 N–H and O–H groups in total. The highest BCUT2D eigenvalue weighted by molar-refractivity contribution is 14.1. The Hall–Kier alpha value is -1.42. The molecule has 0 fully saturated rings. The molecule has 178 valence electrons. The fourth-order valence-corrected chi connectivity index (χ4v) is 6.65. The average molecular weight is 916 g/mol. The van der Waals surface area contributed by atoms with Gasteiger partial charge in [0.25, 0.3) is 11.4 Å². The standard InChI is InChI=1S/C20H12I4N2O8/c1-31-11-7-16(33-18-12(21)3-9(25(27)28)4-13(18)22)20(32-2)17(8-11)34-19-14(23)5-10(26(29)30)6-15(19)24/h3-8H,1-2H3. The normalized spacial score (nSPS) is 10.5. The molecule has 3 rings (SSSR count). The van der Waals surface area contributed by atoms with E-state index in [1.807, 2.05) is 90.4 Å². The zero-order chi connectivity index (χ0) is 25.2. The number of nitro benzene ring substituents is 2. The van der Waals surface area contributed by atoms with Crippen LogP contribution in [0.4, 0.5) is 11.4 Å². The van der Waals surface area contributed by atoms with E-state index in [9.17, 15) is 20.2 Å². The molecule has 3 aromatic carbocycles. The lowest BCUT2D eigenvalue weighted by Gasteiger charge is -2.18. The minimum absolute atomic E-state index is 0.0508. The molecule has 10 nitrogen and oxygen atoms in total. The fraction of sp³-hybridized carbons (Fsp3) is 0.100. The third-order valence-corrected chi connectivity index (χ3v) is 7.45. The van der Waals surface area contributed by atoms with E-state index < -0.39 is 9.85 Å². The number of rotatable bonds is 8. The van der Waals surface area contributed by atoms with E-state index in [1.54, 1.807) is 12.1 Å². The van der Waals surface area contributed by atoms with Crippen LogP contribution in [0.1, 0.15) is 0 Å². The van der Waals surface area contributed by atoms with Gasteiger partial charge in [-0.3, -0.25) is 20.2 Å². The number of non-ortho nitro benzene ring substituents is 2. The Labute approximate surface area is 247 Å². The van der Waals surface area contributed by atoms with Crippen molar-refractivity contribution in [3.8, 4) is 34.5 Å². The Bertz CT molecular complexity index is 1160. The first-order valence-corrected chi connectivity index (χ1v) is 13.3. The highest BCUT2D eigenvalue weighted by atomic mass is 127. The highest BCUT2D eigenvalue weighted by Gasteiger charge is 2.23. The maximum absolute atomic E-state index is 11.2. The van der Waals surface area contributed by atoms with Crippen LogP contribution in [0.5, 0.6) is 34.5 Å². The summed E-state index contributed by atoms with van der Waals surface area (Å²) in [5, 5.41) is 22.3. The van der Waals surface area contributed by atoms with Gasteiger partial charge in [-0.15, -0.1) is 0 Å². The van der Waals surface area contributed by atoms with Crippen LogP contribution in [0.15, 0.2) is 36.4 Å². The minimum atomic E-state index is -0.473. The van der Waals surface area contributed by atoms with Gasteiger partial charge in [0, 0.05) is 36.4 Å². The molecule has 0 amide bonds. The summed E-state index contributed by atoms with van der Waals surface area (Å²) < 4.78 is 25.3. The number of hydrogen-bond donors (Lipinski definition) is 0. The first kappa shape index (κ1) is 27.2. The maximum atomic E-state index is 11.2. The van der Waals surface area contributed by atoms with Crippen molar-refractivity contribution in [1.82, 2.24) is 0 Å². The Balaban J connectivity index is 2.09. The summed E-state index contributed by atoms with van der Waals surface area (Å²) in [6, 6.07) is 8.83. The van der Waals surface area contributed by atoms with Crippen LogP contribution in [-0.2, 0) is 0 Å². The Morgan fingerprint density at radius 2 is 0.971 bits per heavy atom. The molecule has 0 saturated carbocycles. The van der Waals surface area contributed by atoms with Gasteiger partial charge in [0.2, 0.25) is 5.75 Å². The molecule has 0 heterocycles. The summed E-state index contributed by atoms with van der Waals surface area (Å²) >= 11 is 7.85. The van der Waals surface area contributed by atoms with E-state index in [2.05, 4.69) is 0 Å². The van der Waals surface area contributed by atoms with Gasteiger partial charge in [0.1, 0.15) is 5.75 Å². The van der Waals surface area contributed by atoms with E-state index >= 15 is 0 Å². The maximum Gasteiger partial charge on any atom is 0.271 e. The SMILES string of the molecule is COc1cc(Oc2c(I)cc([N+](=O)[O-])cc2I)c(OC)c(Oc2c(I)cc([N+](=O)[O-])cc2I)c1. The molecular weight excluding hydrogens is 904 g/mol. The van der Waals surface area contributed by atoms with Crippen molar-refractivity contribution in [3.63, 3.8) is 0 Å². The Kier molecular flexibility index (Phi) is 9.23. The van der Waals surface area contributed by atoms with E-state index in [1.165, 1.54) is 38.5 Å². The molecule has 0 aliphatic rings. The van der Waals surface area contributed by atoms with Gasteiger partial charge in [-0.2, -0.15) is 0 Å². The van der Waals surface area contributed by atoms with Crippen LogP contribution in [0.25, 0.3) is 0 Å². The summed E-state index contributed by atoms with van der Waals surface area (Å²) in [5.41, 5.74) is -0.102. The molecule has 14 heteroatoms. The summed E-state index contributed by atoms with van der Waals surface area (Å²) in [6.07, 6.45) is 0. The van der Waals surface area contributed by atoms with Gasteiger partial charge in [0.05, 0.1) is 38.3 Å². The second kappa shape index (κ2) is 11.5. The molecule has 0 atom stereocenters. The Morgan fingerprint density at radius 1 is 0.618 bits per heavy atom. The Morgan fingerprint density at radius 3 is 1.24 bits per heavy atom. The van der Waals surface area contributed by atoms with Crippen LogP contribution in [0, 0.1) is 34.5 Å². The van der Waals surface area contributed by atoms with Crippen LogP contribution in [0.2, 0.25) is 0 Å². The second-order valence-corrected chi connectivity index (χ2v) is 11.0. The topological polar surface area (TPSA) is 123 Å². The van der Waals surface area contributed by atoms with Crippen molar-refractivity contribution in [2.24, 2.45) is 0 Å². The van der Waals surface area contributed by atoms with Crippen molar-refractivity contribution in [2.45, 2.75) is 0 Å². The van der Waals surface area contributed by atoms with Crippen LogP contribution in [-0.4, -0.2) is 24.1 Å². The van der Waals surface area contributed by atoms with Gasteiger partial charge < -0.3 is 18.9 Å². The third-order valence-electron chi connectivity index (χ3n) is 4.25. The average Bonchev–Trinajstić information content (AvgIpc) is 2.77. The molecule has 0 saturated heterocycles. The van der Waals surface area contributed by atoms with Crippen molar-refractivity contribution in [1.29, 1.82) is 0 Å². The van der Waals surface area contributed by atoms with Crippen molar-refractivity contribution in [2.75, 3.05) is 14.2 Å². The van der Waals surface area contributed by atoms with Gasteiger partial charge in [0.15, 0.2) is 23.0 Å². The van der Waals surface area contributed by atoms with E-state index in [-0.39, 0.29) is 28.6 Å². The molecule has 3 aromatic rings. The predicted octanol–water partition coefficient (Wildman–Crippen LogP) is 7.52. The van der Waals surface area contributed by atoms with Crippen LogP contribution < -0.4 is 18.9 Å². The number of hydrogen-bond acceptors (Lipinski definition) is 8. The summed E-state index contributed by atoms with van der Waals surface area (Å²) in [4.78, 5) is 21.4. The minimum Gasteiger partial charge on any atom is -0.496 e. The molecule has 0 aromatic heterocycles. The number of nitro groups is 2. The first-order valence-electron chi connectivity index (χ1n) is 8.94. The van der Waals surface area contributed by atoms with Gasteiger partial charge in [-0.25, -0.2) is 0 Å². The molecule has 0 radical (unpaired) electrons. The molecular formula is C20H12I4N2O8. The molecule has 0 bridgehead atoms. The number of halogens is 4. The van der Waals surface area contributed by atoms with E-state index in [0.29, 0.717) is 31.5 Å². The first-order chi connectivity index (χ1) is 16.0. The predicted molar refractivity (Wildman–Crippen MR) is 157 cm³/mol. The number of methoxy groups -OCH3 is 2. The van der Waals surface area contributed by atoms with E-state index in [0.717, 1.165) is 0 Å². The zero-order valence-corrected chi connectivity index (χ0v) is 25.8. The fourth-order valence-electron chi connectivity index (χ4n) is 2.74. The molecule has 0 unspecified atom stereocenters. The molecule has 34 heavy (non-hydrogen) atoms. The monoisotopic (exact) mass is 916 g/mol. The lowest BCUT2D eigenvalue weighted by molar-refractivity contribution is -0.385. The van der Waals surface area contributed by atoms with E-state index in [4.69, 9.17) is 18.9 Å². The summed E-state index contributed by atoms with van der Waals surface area (Å²) in [6.45, 7) is 0.